The number of thioether (sulfide) groups is 1. The molecule has 0 unspecified atom stereocenters. The van der Waals surface area contributed by atoms with E-state index < -0.39 is 0 Å². The van der Waals surface area contributed by atoms with Gasteiger partial charge in [-0.2, -0.15) is 0 Å². The van der Waals surface area contributed by atoms with Crippen molar-refractivity contribution in [3.8, 4) is 17.1 Å². The zero-order chi connectivity index (χ0) is 21.6. The highest BCUT2D eigenvalue weighted by atomic mass is 32.2. The summed E-state index contributed by atoms with van der Waals surface area (Å²) in [4.78, 5) is 14.7. The molecule has 1 saturated carbocycles. The lowest BCUT2D eigenvalue weighted by Crippen LogP contribution is -2.34. The molecule has 1 amide bonds. The van der Waals surface area contributed by atoms with Crippen molar-refractivity contribution in [2.45, 2.75) is 43.9 Å². The third-order valence-electron chi connectivity index (χ3n) is 5.51. The summed E-state index contributed by atoms with van der Waals surface area (Å²) in [5.41, 5.74) is 2.24. The van der Waals surface area contributed by atoms with Crippen molar-refractivity contribution < 1.29 is 9.53 Å². The van der Waals surface area contributed by atoms with Crippen LogP contribution in [0.25, 0.3) is 11.4 Å². The number of aryl methyl sites for hydroxylation is 1. The van der Waals surface area contributed by atoms with E-state index in [4.69, 9.17) is 4.74 Å². The Hall–Kier alpha value is -2.80. The number of benzene rings is 2. The summed E-state index contributed by atoms with van der Waals surface area (Å²) >= 11 is 1.48. The molecule has 0 radical (unpaired) electrons. The molecular formula is C24H28N4O2S. The molecule has 1 aromatic heterocycles. The normalized spacial score (nSPS) is 13.2. The van der Waals surface area contributed by atoms with E-state index in [1.807, 2.05) is 42.2 Å². The lowest BCUT2D eigenvalue weighted by molar-refractivity contribution is -0.128. The van der Waals surface area contributed by atoms with Gasteiger partial charge in [-0.05, 0) is 56.0 Å². The quantitative estimate of drug-likeness (QED) is 0.444. The highest BCUT2D eigenvalue weighted by molar-refractivity contribution is 7.99. The lowest BCUT2D eigenvalue weighted by Gasteiger charge is -2.20. The van der Waals surface area contributed by atoms with Gasteiger partial charge in [-0.1, -0.05) is 42.1 Å². The number of carbonyl (C=O) groups excluding carboxylic acids is 1. The van der Waals surface area contributed by atoms with E-state index in [0.29, 0.717) is 11.8 Å². The second kappa shape index (κ2) is 10.0. The fourth-order valence-corrected chi connectivity index (χ4v) is 4.52. The first kappa shape index (κ1) is 21.4. The van der Waals surface area contributed by atoms with E-state index in [0.717, 1.165) is 54.6 Å². The minimum Gasteiger partial charge on any atom is -0.497 e. The maximum atomic E-state index is 12.7. The molecule has 1 fully saturated rings. The van der Waals surface area contributed by atoms with Crippen LogP contribution in [-0.2, 0) is 17.8 Å². The third kappa shape index (κ3) is 5.28. The van der Waals surface area contributed by atoms with Crippen molar-refractivity contribution in [1.82, 2.24) is 19.7 Å². The summed E-state index contributed by atoms with van der Waals surface area (Å²) in [5.74, 6) is 2.18. The Bertz CT molecular complexity index is 1000. The number of carbonyl (C=O) groups is 1. The highest BCUT2D eigenvalue weighted by Gasteiger charge is 2.31. The molecule has 4 rings (SSSR count). The van der Waals surface area contributed by atoms with Gasteiger partial charge in [-0.15, -0.1) is 10.2 Å². The van der Waals surface area contributed by atoms with Crippen molar-refractivity contribution in [3.63, 3.8) is 0 Å². The summed E-state index contributed by atoms with van der Waals surface area (Å²) < 4.78 is 7.40. The Morgan fingerprint density at radius 3 is 2.52 bits per heavy atom. The first-order chi connectivity index (χ1) is 15.2. The van der Waals surface area contributed by atoms with Gasteiger partial charge in [-0.3, -0.25) is 4.79 Å². The first-order valence-electron chi connectivity index (χ1n) is 10.7. The topological polar surface area (TPSA) is 60.3 Å². The number of amides is 1. The van der Waals surface area contributed by atoms with E-state index in [1.165, 1.54) is 17.3 Å². The fraction of sp³-hybridized carbons (Fsp3) is 0.375. The molecule has 0 aliphatic heterocycles. The van der Waals surface area contributed by atoms with Crippen LogP contribution in [0.4, 0.5) is 0 Å². The number of rotatable bonds is 10. The molecule has 7 heteroatoms. The van der Waals surface area contributed by atoms with Gasteiger partial charge in [0.25, 0.3) is 0 Å². The second-order valence-corrected chi connectivity index (χ2v) is 8.56. The van der Waals surface area contributed by atoms with Crippen molar-refractivity contribution in [2.24, 2.45) is 0 Å². The fourth-order valence-electron chi connectivity index (χ4n) is 3.67. The molecule has 1 aliphatic rings. The lowest BCUT2D eigenvalue weighted by atomic mass is 10.1. The Morgan fingerprint density at radius 2 is 1.87 bits per heavy atom. The maximum Gasteiger partial charge on any atom is 0.233 e. The Morgan fingerprint density at radius 1 is 1.13 bits per heavy atom. The van der Waals surface area contributed by atoms with E-state index in [9.17, 15) is 4.79 Å². The summed E-state index contributed by atoms with van der Waals surface area (Å²) in [6, 6.07) is 18.7. The SMILES string of the molecule is CCN(C(=O)CSc1nnc(-c2ccc(OC)cc2)n1CCc1ccccc1)C1CC1. The van der Waals surface area contributed by atoms with Crippen LogP contribution < -0.4 is 4.74 Å². The molecule has 0 spiro atoms. The molecule has 0 bridgehead atoms. The Balaban J connectivity index is 1.54. The van der Waals surface area contributed by atoms with Gasteiger partial charge in [0, 0.05) is 24.7 Å². The molecular weight excluding hydrogens is 408 g/mol. The highest BCUT2D eigenvalue weighted by Crippen LogP contribution is 2.29. The maximum absolute atomic E-state index is 12.7. The van der Waals surface area contributed by atoms with Crippen LogP contribution >= 0.6 is 11.8 Å². The van der Waals surface area contributed by atoms with E-state index in [1.54, 1.807) is 7.11 Å². The van der Waals surface area contributed by atoms with Gasteiger partial charge in [0.1, 0.15) is 5.75 Å². The zero-order valence-corrected chi connectivity index (χ0v) is 18.8. The van der Waals surface area contributed by atoms with E-state index in [2.05, 4.69) is 39.0 Å². The summed E-state index contributed by atoms with van der Waals surface area (Å²) in [5, 5.41) is 9.69. The zero-order valence-electron chi connectivity index (χ0n) is 18.0. The van der Waals surface area contributed by atoms with Crippen molar-refractivity contribution in [2.75, 3.05) is 19.4 Å². The molecule has 162 valence electrons. The first-order valence-corrected chi connectivity index (χ1v) is 11.7. The van der Waals surface area contributed by atoms with E-state index in [-0.39, 0.29) is 5.91 Å². The van der Waals surface area contributed by atoms with Crippen LogP contribution in [0.2, 0.25) is 0 Å². The van der Waals surface area contributed by atoms with Crippen molar-refractivity contribution in [3.05, 3.63) is 60.2 Å². The third-order valence-corrected chi connectivity index (χ3v) is 6.46. The van der Waals surface area contributed by atoms with E-state index >= 15 is 0 Å². The minimum atomic E-state index is 0.179. The Labute approximate surface area is 187 Å². The monoisotopic (exact) mass is 436 g/mol. The number of methoxy groups -OCH3 is 1. The minimum absolute atomic E-state index is 0.179. The molecule has 0 saturated heterocycles. The van der Waals surface area contributed by atoms with Gasteiger partial charge >= 0.3 is 0 Å². The van der Waals surface area contributed by atoms with Crippen LogP contribution in [0, 0.1) is 0 Å². The van der Waals surface area contributed by atoms with Crippen molar-refractivity contribution >= 4 is 17.7 Å². The van der Waals surface area contributed by atoms with Gasteiger partial charge < -0.3 is 14.2 Å². The summed E-state index contributed by atoms with van der Waals surface area (Å²) in [6.45, 7) is 3.56. The molecule has 6 nitrogen and oxygen atoms in total. The van der Waals surface area contributed by atoms with Crippen LogP contribution in [0.15, 0.2) is 59.8 Å². The number of hydrogen-bond acceptors (Lipinski definition) is 5. The average Bonchev–Trinajstić information content (AvgIpc) is 3.56. The molecule has 2 aromatic carbocycles. The molecule has 3 aromatic rings. The second-order valence-electron chi connectivity index (χ2n) is 7.62. The largest absolute Gasteiger partial charge is 0.497 e. The molecule has 1 aliphatic carbocycles. The molecule has 0 N–H and O–H groups in total. The van der Waals surface area contributed by atoms with Gasteiger partial charge in [0.05, 0.1) is 12.9 Å². The molecule has 0 atom stereocenters. The molecule has 1 heterocycles. The van der Waals surface area contributed by atoms with Gasteiger partial charge in [-0.25, -0.2) is 0 Å². The predicted molar refractivity (Wildman–Crippen MR) is 123 cm³/mol. The molecule has 31 heavy (non-hydrogen) atoms. The smallest absolute Gasteiger partial charge is 0.233 e. The Kier molecular flexibility index (Phi) is 6.92. The van der Waals surface area contributed by atoms with Crippen LogP contribution in [0.5, 0.6) is 5.75 Å². The average molecular weight is 437 g/mol. The summed E-state index contributed by atoms with van der Waals surface area (Å²) in [7, 11) is 1.66. The van der Waals surface area contributed by atoms with Crippen LogP contribution in [-0.4, -0.2) is 51.0 Å². The summed E-state index contributed by atoms with van der Waals surface area (Å²) in [6.07, 6.45) is 3.12. The van der Waals surface area contributed by atoms with Crippen molar-refractivity contribution in [1.29, 1.82) is 0 Å². The number of hydrogen-bond donors (Lipinski definition) is 0. The number of ether oxygens (including phenoxy) is 1. The van der Waals surface area contributed by atoms with Crippen LogP contribution in [0.1, 0.15) is 25.3 Å². The van der Waals surface area contributed by atoms with Crippen LogP contribution in [0.3, 0.4) is 0 Å². The number of nitrogens with zero attached hydrogens (tertiary/aromatic N) is 4. The van der Waals surface area contributed by atoms with Gasteiger partial charge in [0.2, 0.25) is 5.91 Å². The van der Waals surface area contributed by atoms with Gasteiger partial charge in [0.15, 0.2) is 11.0 Å². The number of aromatic nitrogens is 3. The predicted octanol–water partition coefficient (Wildman–Crippen LogP) is 4.30. The standard InChI is InChI=1S/C24H28N4O2S/c1-3-27(20-11-12-20)22(29)17-31-24-26-25-23(19-9-13-21(30-2)14-10-19)28(24)16-15-18-7-5-4-6-8-18/h4-10,13-14,20H,3,11-12,15-17H2,1-2H3.